The predicted molar refractivity (Wildman–Crippen MR) is 90.9 cm³/mol. The zero-order valence-electron chi connectivity index (χ0n) is 13.8. The van der Waals surface area contributed by atoms with Crippen LogP contribution in [0.3, 0.4) is 0 Å². The summed E-state index contributed by atoms with van der Waals surface area (Å²) in [5.41, 5.74) is 6.23. The summed E-state index contributed by atoms with van der Waals surface area (Å²) in [5.74, 6) is 0.637. The van der Waals surface area contributed by atoms with Crippen LogP contribution < -0.4 is 10.5 Å². The van der Waals surface area contributed by atoms with Crippen molar-refractivity contribution in [2.75, 3.05) is 40.5 Å². The van der Waals surface area contributed by atoms with Crippen molar-refractivity contribution in [3.63, 3.8) is 0 Å². The minimum atomic E-state index is -0.100. The minimum absolute atomic E-state index is 0. The Labute approximate surface area is 139 Å². The molecule has 0 saturated carbocycles. The van der Waals surface area contributed by atoms with Gasteiger partial charge in [-0.3, -0.25) is 4.79 Å². The highest BCUT2D eigenvalue weighted by atomic mass is 35.5. The summed E-state index contributed by atoms with van der Waals surface area (Å²) in [7, 11) is 3.41. The predicted octanol–water partition coefficient (Wildman–Crippen LogP) is 2.19. The average molecular weight is 331 g/mol. The van der Waals surface area contributed by atoms with Crippen LogP contribution in [-0.4, -0.2) is 51.3 Å². The maximum Gasteiger partial charge on any atom is 0.253 e. The third kappa shape index (κ3) is 6.64. The number of benzene rings is 1. The molecule has 22 heavy (non-hydrogen) atoms. The van der Waals surface area contributed by atoms with E-state index in [1.807, 2.05) is 26.0 Å². The minimum Gasteiger partial charge on any atom is -0.491 e. The van der Waals surface area contributed by atoms with Crippen molar-refractivity contribution in [1.82, 2.24) is 4.90 Å². The van der Waals surface area contributed by atoms with Crippen LogP contribution in [0.4, 0.5) is 0 Å². The van der Waals surface area contributed by atoms with Gasteiger partial charge in [0.2, 0.25) is 0 Å². The highest BCUT2D eigenvalue weighted by Gasteiger charge is 2.22. The standard InChI is InChI=1S/C16H26N2O3.ClH/c1-16(2,11-17)12-18(3)15(19)13-6-5-7-14(10-13)21-9-8-20-4;/h5-7,10H,8-9,11-12,17H2,1-4H3;1H. The smallest absolute Gasteiger partial charge is 0.253 e. The van der Waals surface area contributed by atoms with Crippen LogP contribution >= 0.6 is 12.4 Å². The lowest BCUT2D eigenvalue weighted by Crippen LogP contribution is -2.39. The van der Waals surface area contributed by atoms with Gasteiger partial charge in [-0.2, -0.15) is 0 Å². The third-order valence-electron chi connectivity index (χ3n) is 3.20. The molecule has 0 spiro atoms. The molecule has 1 aromatic rings. The number of hydrogen-bond donors (Lipinski definition) is 1. The number of carbonyl (C=O) groups is 1. The molecule has 0 heterocycles. The van der Waals surface area contributed by atoms with E-state index in [1.165, 1.54) is 0 Å². The van der Waals surface area contributed by atoms with Crippen molar-refractivity contribution in [3.05, 3.63) is 29.8 Å². The fourth-order valence-electron chi connectivity index (χ4n) is 1.96. The Balaban J connectivity index is 0.00000441. The molecule has 1 aromatic carbocycles. The van der Waals surface area contributed by atoms with Gasteiger partial charge in [-0.25, -0.2) is 0 Å². The van der Waals surface area contributed by atoms with Crippen LogP contribution in [0.15, 0.2) is 24.3 Å². The van der Waals surface area contributed by atoms with E-state index in [2.05, 4.69) is 0 Å². The van der Waals surface area contributed by atoms with Crippen LogP contribution in [0.2, 0.25) is 0 Å². The van der Waals surface area contributed by atoms with E-state index in [0.29, 0.717) is 37.6 Å². The zero-order valence-corrected chi connectivity index (χ0v) is 14.6. The third-order valence-corrected chi connectivity index (χ3v) is 3.20. The number of rotatable bonds is 8. The Kier molecular flexibility index (Phi) is 9.09. The number of carbonyl (C=O) groups excluding carboxylic acids is 1. The van der Waals surface area contributed by atoms with Crippen LogP contribution in [0.1, 0.15) is 24.2 Å². The molecule has 0 aliphatic rings. The molecule has 0 radical (unpaired) electrons. The van der Waals surface area contributed by atoms with E-state index >= 15 is 0 Å². The van der Waals surface area contributed by atoms with Gasteiger partial charge in [-0.1, -0.05) is 19.9 Å². The summed E-state index contributed by atoms with van der Waals surface area (Å²) in [6.45, 7) is 6.21. The van der Waals surface area contributed by atoms with Crippen molar-refractivity contribution in [1.29, 1.82) is 0 Å². The molecule has 0 aliphatic heterocycles. The number of ether oxygens (including phenoxy) is 2. The highest BCUT2D eigenvalue weighted by molar-refractivity contribution is 5.94. The maximum absolute atomic E-state index is 12.4. The van der Waals surface area contributed by atoms with E-state index in [4.69, 9.17) is 15.2 Å². The fraction of sp³-hybridized carbons (Fsp3) is 0.562. The Hall–Kier alpha value is -1.30. The summed E-state index contributed by atoms with van der Waals surface area (Å²) in [6.07, 6.45) is 0. The monoisotopic (exact) mass is 330 g/mol. The molecule has 0 fully saturated rings. The van der Waals surface area contributed by atoms with Crippen LogP contribution in [-0.2, 0) is 4.74 Å². The first-order chi connectivity index (χ1) is 9.89. The summed E-state index contributed by atoms with van der Waals surface area (Å²) in [5, 5.41) is 0. The second-order valence-corrected chi connectivity index (χ2v) is 5.90. The summed E-state index contributed by atoms with van der Waals surface area (Å²) in [6, 6.07) is 7.19. The van der Waals surface area contributed by atoms with Crippen molar-refractivity contribution < 1.29 is 14.3 Å². The molecule has 0 bridgehead atoms. The molecule has 1 amide bonds. The number of nitrogens with two attached hydrogens (primary N) is 1. The Morgan fingerprint density at radius 3 is 2.59 bits per heavy atom. The molecular weight excluding hydrogens is 304 g/mol. The first-order valence-corrected chi connectivity index (χ1v) is 7.07. The fourth-order valence-corrected chi connectivity index (χ4v) is 1.96. The van der Waals surface area contributed by atoms with Gasteiger partial charge < -0.3 is 20.1 Å². The second kappa shape index (κ2) is 9.66. The second-order valence-electron chi connectivity index (χ2n) is 5.90. The summed E-state index contributed by atoms with van der Waals surface area (Å²) < 4.78 is 10.5. The normalized spacial score (nSPS) is 10.8. The molecule has 0 atom stereocenters. The number of hydrogen-bond acceptors (Lipinski definition) is 4. The average Bonchev–Trinajstić information content (AvgIpc) is 2.46. The lowest BCUT2D eigenvalue weighted by molar-refractivity contribution is 0.0740. The molecular formula is C16H27ClN2O3. The molecule has 1 rings (SSSR count). The number of halogens is 1. The number of nitrogens with zero attached hydrogens (tertiary/aromatic N) is 1. The Morgan fingerprint density at radius 2 is 2.00 bits per heavy atom. The lowest BCUT2D eigenvalue weighted by atomic mass is 9.93. The molecule has 0 unspecified atom stereocenters. The van der Waals surface area contributed by atoms with Crippen LogP contribution in [0.25, 0.3) is 0 Å². The SMILES string of the molecule is COCCOc1cccc(C(=O)N(C)CC(C)(C)CN)c1.Cl. The van der Waals surface area contributed by atoms with E-state index in [9.17, 15) is 4.79 Å². The van der Waals surface area contributed by atoms with E-state index in [0.717, 1.165) is 0 Å². The first kappa shape index (κ1) is 20.7. The van der Waals surface area contributed by atoms with Crippen molar-refractivity contribution >= 4 is 18.3 Å². The van der Waals surface area contributed by atoms with E-state index < -0.39 is 0 Å². The van der Waals surface area contributed by atoms with Crippen LogP contribution in [0, 0.1) is 5.41 Å². The zero-order chi connectivity index (χ0) is 15.9. The highest BCUT2D eigenvalue weighted by Crippen LogP contribution is 2.18. The van der Waals surface area contributed by atoms with Gasteiger partial charge in [-0.15, -0.1) is 12.4 Å². The van der Waals surface area contributed by atoms with Gasteiger partial charge in [0.05, 0.1) is 6.61 Å². The number of amides is 1. The quantitative estimate of drug-likeness (QED) is 0.742. The Bertz CT molecular complexity index is 466. The van der Waals surface area contributed by atoms with Gasteiger partial charge in [0.15, 0.2) is 0 Å². The maximum atomic E-state index is 12.4. The Morgan fingerprint density at radius 1 is 1.32 bits per heavy atom. The molecule has 126 valence electrons. The van der Waals surface area contributed by atoms with Gasteiger partial charge in [0.1, 0.15) is 12.4 Å². The molecule has 6 heteroatoms. The molecule has 0 aliphatic carbocycles. The largest absolute Gasteiger partial charge is 0.491 e. The van der Waals surface area contributed by atoms with Crippen LogP contribution in [0.5, 0.6) is 5.75 Å². The molecule has 0 aromatic heterocycles. The lowest BCUT2D eigenvalue weighted by Gasteiger charge is -2.29. The van der Waals surface area contributed by atoms with Gasteiger partial charge >= 0.3 is 0 Å². The molecule has 0 saturated heterocycles. The van der Waals surface area contributed by atoms with Gasteiger partial charge in [-0.05, 0) is 30.2 Å². The van der Waals surface area contributed by atoms with E-state index in [1.54, 1.807) is 31.2 Å². The van der Waals surface area contributed by atoms with Gasteiger partial charge in [0, 0.05) is 26.3 Å². The van der Waals surface area contributed by atoms with Crippen molar-refractivity contribution in [3.8, 4) is 5.75 Å². The topological polar surface area (TPSA) is 64.8 Å². The number of methoxy groups -OCH3 is 1. The molecule has 2 N–H and O–H groups in total. The first-order valence-electron chi connectivity index (χ1n) is 7.07. The van der Waals surface area contributed by atoms with Crippen molar-refractivity contribution in [2.24, 2.45) is 11.1 Å². The van der Waals surface area contributed by atoms with Crippen molar-refractivity contribution in [2.45, 2.75) is 13.8 Å². The summed E-state index contributed by atoms with van der Waals surface area (Å²) >= 11 is 0. The van der Waals surface area contributed by atoms with Gasteiger partial charge in [0.25, 0.3) is 5.91 Å². The molecule has 5 nitrogen and oxygen atoms in total. The van der Waals surface area contributed by atoms with E-state index in [-0.39, 0.29) is 23.7 Å². The summed E-state index contributed by atoms with van der Waals surface area (Å²) in [4.78, 5) is 14.1.